The molecule has 0 bridgehead atoms. The maximum atomic E-state index is 12.8. The molecule has 0 aromatic carbocycles. The van der Waals surface area contributed by atoms with E-state index in [0.29, 0.717) is 0 Å². The van der Waals surface area contributed by atoms with Crippen molar-refractivity contribution in [3.63, 3.8) is 0 Å². The third-order valence-corrected chi connectivity index (χ3v) is 5.53. The Bertz CT molecular complexity index is 714. The minimum absolute atomic E-state index is 0.158. The van der Waals surface area contributed by atoms with E-state index in [1.165, 1.54) is 10.4 Å². The Morgan fingerprint density at radius 2 is 2.40 bits per heavy atom. The highest BCUT2D eigenvalue weighted by molar-refractivity contribution is 7.18. The van der Waals surface area contributed by atoms with Crippen LogP contribution < -0.4 is 10.9 Å². The summed E-state index contributed by atoms with van der Waals surface area (Å²) in [7, 11) is 2.13. The van der Waals surface area contributed by atoms with E-state index in [1.807, 2.05) is 4.57 Å². The lowest BCUT2D eigenvalue weighted by molar-refractivity contribution is 0.318. The van der Waals surface area contributed by atoms with Crippen molar-refractivity contribution < 1.29 is 0 Å². The Hall–Kier alpha value is -1.24. The molecule has 1 N–H and O–H groups in total. The van der Waals surface area contributed by atoms with E-state index < -0.39 is 0 Å². The molecule has 0 radical (unpaired) electrons. The van der Waals surface area contributed by atoms with Crippen LogP contribution in [0.25, 0.3) is 10.2 Å². The molecular formula is C14H18N4OS. The molecule has 2 aromatic heterocycles. The predicted molar refractivity (Wildman–Crippen MR) is 80.4 cm³/mol. The Balaban J connectivity index is 1.90. The Morgan fingerprint density at radius 1 is 1.50 bits per heavy atom. The van der Waals surface area contributed by atoms with Gasteiger partial charge in [-0.2, -0.15) is 0 Å². The molecule has 5 nitrogen and oxygen atoms in total. The third-order valence-electron chi connectivity index (χ3n) is 4.40. The number of hydrogen-bond acceptors (Lipinski definition) is 5. The van der Waals surface area contributed by atoms with Gasteiger partial charge in [-0.3, -0.25) is 9.36 Å². The lowest BCUT2D eigenvalue weighted by Crippen LogP contribution is -2.29. The molecule has 4 rings (SSSR count). The van der Waals surface area contributed by atoms with Crippen LogP contribution in [0.3, 0.4) is 0 Å². The highest BCUT2D eigenvalue weighted by Crippen LogP contribution is 2.32. The molecule has 2 aromatic rings. The van der Waals surface area contributed by atoms with Crippen LogP contribution in [-0.2, 0) is 13.0 Å². The highest BCUT2D eigenvalue weighted by atomic mass is 32.1. The van der Waals surface area contributed by atoms with Gasteiger partial charge in [-0.25, -0.2) is 4.98 Å². The highest BCUT2D eigenvalue weighted by Gasteiger charge is 2.24. The predicted octanol–water partition coefficient (Wildman–Crippen LogP) is 0.980. The summed E-state index contributed by atoms with van der Waals surface area (Å²) in [6, 6.07) is 0.265. The zero-order valence-electron chi connectivity index (χ0n) is 11.6. The monoisotopic (exact) mass is 290 g/mol. The van der Waals surface area contributed by atoms with E-state index in [9.17, 15) is 4.79 Å². The van der Waals surface area contributed by atoms with Crippen LogP contribution in [0.15, 0.2) is 11.1 Å². The smallest absolute Gasteiger partial charge is 0.262 e. The van der Waals surface area contributed by atoms with Crippen LogP contribution in [0.1, 0.15) is 22.9 Å². The molecule has 2 aliphatic rings. The third kappa shape index (κ3) is 1.82. The summed E-state index contributed by atoms with van der Waals surface area (Å²) < 4.78 is 1.84. The summed E-state index contributed by atoms with van der Waals surface area (Å²) in [6.07, 6.45) is 3.73. The molecule has 2 aliphatic heterocycles. The summed E-state index contributed by atoms with van der Waals surface area (Å²) in [6.45, 7) is 3.84. The number of aromatic nitrogens is 2. The average molecular weight is 290 g/mol. The SMILES string of the molecule is CN1CCc2c(sc3ncn([C@H]4CCNC4)c(=O)c23)C1. The van der Waals surface area contributed by atoms with Gasteiger partial charge in [0.25, 0.3) is 5.56 Å². The van der Waals surface area contributed by atoms with Gasteiger partial charge in [0.2, 0.25) is 0 Å². The van der Waals surface area contributed by atoms with Crippen LogP contribution in [0.2, 0.25) is 0 Å². The maximum Gasteiger partial charge on any atom is 0.262 e. The van der Waals surface area contributed by atoms with Crippen molar-refractivity contribution in [3.05, 3.63) is 27.1 Å². The minimum Gasteiger partial charge on any atom is -0.315 e. The van der Waals surface area contributed by atoms with E-state index in [-0.39, 0.29) is 11.6 Å². The van der Waals surface area contributed by atoms with E-state index in [0.717, 1.165) is 49.2 Å². The first-order valence-electron chi connectivity index (χ1n) is 7.14. The second-order valence-corrected chi connectivity index (χ2v) is 6.86. The number of nitrogens with zero attached hydrogens (tertiary/aromatic N) is 3. The standard InChI is InChI=1S/C14H18N4OS/c1-17-5-3-10-11(7-17)20-13-12(10)14(19)18(8-16-13)9-2-4-15-6-9/h8-9,15H,2-7H2,1H3/t9-/m0/s1. The fourth-order valence-electron chi connectivity index (χ4n) is 3.26. The first-order chi connectivity index (χ1) is 9.74. The van der Waals surface area contributed by atoms with Crippen molar-refractivity contribution in [3.8, 4) is 0 Å². The number of thiophene rings is 1. The van der Waals surface area contributed by atoms with Crippen LogP contribution in [-0.4, -0.2) is 41.1 Å². The van der Waals surface area contributed by atoms with Crippen LogP contribution in [0.4, 0.5) is 0 Å². The fraction of sp³-hybridized carbons (Fsp3) is 0.571. The van der Waals surface area contributed by atoms with Gasteiger partial charge in [0.1, 0.15) is 4.83 Å². The topological polar surface area (TPSA) is 50.2 Å². The second kappa shape index (κ2) is 4.65. The van der Waals surface area contributed by atoms with Crippen molar-refractivity contribution in [2.75, 3.05) is 26.7 Å². The van der Waals surface area contributed by atoms with Gasteiger partial charge < -0.3 is 10.2 Å². The average Bonchev–Trinajstić information content (AvgIpc) is 3.05. The Labute approximate surface area is 121 Å². The molecule has 106 valence electrons. The molecule has 20 heavy (non-hydrogen) atoms. The normalized spacial score (nSPS) is 23.4. The number of nitrogens with one attached hydrogen (secondary N) is 1. The molecule has 4 heterocycles. The van der Waals surface area contributed by atoms with Crippen molar-refractivity contribution in [2.45, 2.75) is 25.4 Å². The van der Waals surface area contributed by atoms with E-state index in [2.05, 4.69) is 22.2 Å². The van der Waals surface area contributed by atoms with E-state index in [4.69, 9.17) is 0 Å². The van der Waals surface area contributed by atoms with Gasteiger partial charge >= 0.3 is 0 Å². The van der Waals surface area contributed by atoms with Crippen molar-refractivity contribution in [2.24, 2.45) is 0 Å². The first-order valence-corrected chi connectivity index (χ1v) is 7.96. The fourth-order valence-corrected chi connectivity index (χ4v) is 4.52. The maximum absolute atomic E-state index is 12.8. The van der Waals surface area contributed by atoms with Gasteiger partial charge in [-0.1, -0.05) is 0 Å². The second-order valence-electron chi connectivity index (χ2n) is 5.78. The number of rotatable bonds is 1. The molecular weight excluding hydrogens is 272 g/mol. The molecule has 0 unspecified atom stereocenters. The van der Waals surface area contributed by atoms with Crippen molar-refractivity contribution in [1.29, 1.82) is 0 Å². The minimum atomic E-state index is 0.158. The van der Waals surface area contributed by atoms with Crippen LogP contribution in [0.5, 0.6) is 0 Å². The van der Waals surface area contributed by atoms with Crippen molar-refractivity contribution >= 4 is 21.6 Å². The van der Waals surface area contributed by atoms with Crippen LogP contribution in [0, 0.1) is 0 Å². The number of hydrogen-bond donors (Lipinski definition) is 1. The largest absolute Gasteiger partial charge is 0.315 e. The molecule has 1 saturated heterocycles. The first kappa shape index (κ1) is 12.5. The van der Waals surface area contributed by atoms with Crippen LogP contribution >= 0.6 is 11.3 Å². The lowest BCUT2D eigenvalue weighted by atomic mass is 10.1. The van der Waals surface area contributed by atoms with Gasteiger partial charge in [0.15, 0.2) is 0 Å². The zero-order valence-corrected chi connectivity index (χ0v) is 12.4. The molecule has 6 heteroatoms. The van der Waals surface area contributed by atoms with Gasteiger partial charge in [-0.15, -0.1) is 11.3 Å². The van der Waals surface area contributed by atoms with E-state index in [1.54, 1.807) is 17.7 Å². The molecule has 0 spiro atoms. The lowest BCUT2D eigenvalue weighted by Gasteiger charge is -2.21. The Morgan fingerprint density at radius 3 is 3.20 bits per heavy atom. The summed E-state index contributed by atoms with van der Waals surface area (Å²) in [5.41, 5.74) is 1.41. The number of likely N-dealkylation sites (N-methyl/N-ethyl adjacent to an activating group) is 1. The summed E-state index contributed by atoms with van der Waals surface area (Å²) in [5, 5.41) is 4.20. The molecule has 0 aliphatic carbocycles. The summed E-state index contributed by atoms with van der Waals surface area (Å²) in [4.78, 5) is 21.9. The molecule has 1 atom stereocenters. The molecule has 1 fully saturated rings. The number of fused-ring (bicyclic) bond motifs is 3. The zero-order chi connectivity index (χ0) is 13.7. The summed E-state index contributed by atoms with van der Waals surface area (Å²) >= 11 is 1.69. The Kier molecular flexibility index (Phi) is 2.90. The molecule has 0 saturated carbocycles. The van der Waals surface area contributed by atoms with Gasteiger partial charge in [0.05, 0.1) is 17.8 Å². The molecule has 0 amide bonds. The van der Waals surface area contributed by atoms with E-state index >= 15 is 0 Å². The van der Waals surface area contributed by atoms with Gasteiger partial charge in [0, 0.05) is 24.5 Å². The van der Waals surface area contributed by atoms with Gasteiger partial charge in [-0.05, 0) is 32.0 Å². The quantitative estimate of drug-likeness (QED) is 0.850. The van der Waals surface area contributed by atoms with Crippen molar-refractivity contribution in [1.82, 2.24) is 19.8 Å². The summed E-state index contributed by atoms with van der Waals surface area (Å²) in [5.74, 6) is 0.